The average Bonchev–Trinajstić information content (AvgIpc) is 2.62. The van der Waals surface area contributed by atoms with E-state index < -0.39 is 0 Å². The first-order chi connectivity index (χ1) is 11.6. The monoisotopic (exact) mass is 323 g/mol. The molecule has 0 aromatic heterocycles. The predicted molar refractivity (Wildman–Crippen MR) is 98.4 cm³/mol. The molecule has 1 saturated heterocycles. The molecule has 2 aromatic carbocycles. The summed E-state index contributed by atoms with van der Waals surface area (Å²) in [6.07, 6.45) is 2.12. The van der Waals surface area contributed by atoms with Crippen LogP contribution in [0.1, 0.15) is 30.1 Å². The highest BCUT2D eigenvalue weighted by atomic mass is 16.2. The van der Waals surface area contributed by atoms with Gasteiger partial charge in [0, 0.05) is 24.8 Å². The highest BCUT2D eigenvalue weighted by Gasteiger charge is 2.27. The number of anilines is 2. The SMILES string of the molecule is CC(N)C1CCCN(C(=O)c2ccccc2Nc2ccccc2)C1. The maximum atomic E-state index is 13.0. The van der Waals surface area contributed by atoms with Gasteiger partial charge in [0.2, 0.25) is 0 Å². The zero-order valence-electron chi connectivity index (χ0n) is 14.1. The van der Waals surface area contributed by atoms with Crippen LogP contribution < -0.4 is 11.1 Å². The van der Waals surface area contributed by atoms with E-state index in [1.54, 1.807) is 0 Å². The van der Waals surface area contributed by atoms with Gasteiger partial charge in [0.25, 0.3) is 5.91 Å². The lowest BCUT2D eigenvalue weighted by atomic mass is 9.91. The number of rotatable bonds is 4. The molecule has 4 nitrogen and oxygen atoms in total. The van der Waals surface area contributed by atoms with Crippen LogP contribution in [-0.2, 0) is 0 Å². The van der Waals surface area contributed by atoms with Gasteiger partial charge < -0.3 is 16.0 Å². The number of benzene rings is 2. The molecule has 2 atom stereocenters. The Labute approximate surface area is 143 Å². The molecule has 2 aromatic rings. The van der Waals surface area contributed by atoms with E-state index >= 15 is 0 Å². The molecule has 3 N–H and O–H groups in total. The largest absolute Gasteiger partial charge is 0.355 e. The molecule has 3 rings (SSSR count). The normalized spacial score (nSPS) is 18.9. The third-order valence-corrected chi connectivity index (χ3v) is 4.70. The summed E-state index contributed by atoms with van der Waals surface area (Å²) in [6, 6.07) is 17.7. The van der Waals surface area contributed by atoms with E-state index in [0.717, 1.165) is 37.3 Å². The van der Waals surface area contributed by atoms with Crippen molar-refractivity contribution in [2.24, 2.45) is 11.7 Å². The van der Waals surface area contributed by atoms with Crippen LogP contribution in [0, 0.1) is 5.92 Å². The van der Waals surface area contributed by atoms with E-state index in [1.165, 1.54) is 0 Å². The third-order valence-electron chi connectivity index (χ3n) is 4.70. The molecule has 126 valence electrons. The quantitative estimate of drug-likeness (QED) is 0.903. The van der Waals surface area contributed by atoms with Crippen molar-refractivity contribution in [1.29, 1.82) is 0 Å². The number of nitrogens with two attached hydrogens (primary N) is 1. The fraction of sp³-hybridized carbons (Fsp3) is 0.350. The van der Waals surface area contributed by atoms with Crippen molar-refractivity contribution >= 4 is 17.3 Å². The topological polar surface area (TPSA) is 58.4 Å². The molecule has 1 aliphatic heterocycles. The number of carbonyl (C=O) groups is 1. The summed E-state index contributed by atoms with van der Waals surface area (Å²) in [7, 11) is 0. The Kier molecular flexibility index (Phi) is 5.16. The Hall–Kier alpha value is -2.33. The first-order valence-corrected chi connectivity index (χ1v) is 8.61. The van der Waals surface area contributed by atoms with Crippen molar-refractivity contribution in [1.82, 2.24) is 4.90 Å². The van der Waals surface area contributed by atoms with Crippen molar-refractivity contribution in [3.05, 3.63) is 60.2 Å². The third kappa shape index (κ3) is 3.77. The maximum Gasteiger partial charge on any atom is 0.255 e. The van der Waals surface area contributed by atoms with Gasteiger partial charge in [0.05, 0.1) is 11.3 Å². The minimum absolute atomic E-state index is 0.0828. The fourth-order valence-corrected chi connectivity index (χ4v) is 3.25. The van der Waals surface area contributed by atoms with Crippen molar-refractivity contribution in [3.8, 4) is 0 Å². The lowest BCUT2D eigenvalue weighted by Gasteiger charge is -2.35. The summed E-state index contributed by atoms with van der Waals surface area (Å²) in [6.45, 7) is 3.58. The van der Waals surface area contributed by atoms with E-state index in [9.17, 15) is 4.79 Å². The highest BCUT2D eigenvalue weighted by molar-refractivity contribution is 6.00. The highest BCUT2D eigenvalue weighted by Crippen LogP contribution is 2.25. The van der Waals surface area contributed by atoms with Crippen LogP contribution in [0.2, 0.25) is 0 Å². The predicted octanol–water partition coefficient (Wildman–Crippen LogP) is 3.63. The Bertz CT molecular complexity index is 684. The van der Waals surface area contributed by atoms with Crippen LogP contribution in [-0.4, -0.2) is 29.9 Å². The van der Waals surface area contributed by atoms with Crippen LogP contribution in [0.5, 0.6) is 0 Å². The van der Waals surface area contributed by atoms with Crippen molar-refractivity contribution < 1.29 is 4.79 Å². The molecular formula is C20H25N3O. The van der Waals surface area contributed by atoms with Crippen LogP contribution >= 0.6 is 0 Å². The molecule has 0 saturated carbocycles. The first kappa shape index (κ1) is 16.5. The van der Waals surface area contributed by atoms with Crippen LogP contribution in [0.25, 0.3) is 0 Å². The van der Waals surface area contributed by atoms with Gasteiger partial charge in [-0.3, -0.25) is 4.79 Å². The number of amides is 1. The molecule has 2 unspecified atom stereocenters. The molecule has 0 radical (unpaired) electrons. The van der Waals surface area contributed by atoms with E-state index in [4.69, 9.17) is 5.73 Å². The summed E-state index contributed by atoms with van der Waals surface area (Å²) in [5.41, 5.74) is 8.59. The molecule has 0 aliphatic carbocycles. The minimum Gasteiger partial charge on any atom is -0.355 e. The number of piperidine rings is 1. The van der Waals surface area contributed by atoms with Gasteiger partial charge in [-0.25, -0.2) is 0 Å². The first-order valence-electron chi connectivity index (χ1n) is 8.61. The van der Waals surface area contributed by atoms with Crippen molar-refractivity contribution in [2.45, 2.75) is 25.8 Å². The zero-order valence-corrected chi connectivity index (χ0v) is 14.1. The van der Waals surface area contributed by atoms with Gasteiger partial charge in [0.1, 0.15) is 0 Å². The van der Waals surface area contributed by atoms with Gasteiger partial charge in [-0.1, -0.05) is 30.3 Å². The lowest BCUT2D eigenvalue weighted by molar-refractivity contribution is 0.0662. The Morgan fingerprint density at radius 2 is 1.88 bits per heavy atom. The standard InChI is InChI=1S/C20H25N3O/c1-15(21)16-8-7-13-23(14-16)20(24)18-11-5-6-12-19(18)22-17-9-3-2-4-10-17/h2-6,9-12,15-16,22H,7-8,13-14,21H2,1H3. The summed E-state index contributed by atoms with van der Waals surface area (Å²) in [5, 5.41) is 3.35. The Morgan fingerprint density at radius 3 is 2.62 bits per heavy atom. The van der Waals surface area contributed by atoms with Gasteiger partial charge in [0.15, 0.2) is 0 Å². The van der Waals surface area contributed by atoms with Gasteiger partial charge in [-0.15, -0.1) is 0 Å². The molecule has 1 amide bonds. The number of likely N-dealkylation sites (tertiary alicyclic amines) is 1. The second kappa shape index (κ2) is 7.49. The van der Waals surface area contributed by atoms with E-state index in [2.05, 4.69) is 5.32 Å². The number of nitrogens with one attached hydrogen (secondary N) is 1. The Balaban J connectivity index is 1.80. The van der Waals surface area contributed by atoms with Gasteiger partial charge >= 0.3 is 0 Å². The average molecular weight is 323 g/mol. The lowest BCUT2D eigenvalue weighted by Crippen LogP contribution is -2.45. The number of hydrogen-bond acceptors (Lipinski definition) is 3. The molecule has 0 bridgehead atoms. The fourth-order valence-electron chi connectivity index (χ4n) is 3.25. The summed E-state index contributed by atoms with van der Waals surface area (Å²) in [4.78, 5) is 15.0. The Morgan fingerprint density at radius 1 is 1.17 bits per heavy atom. The van der Waals surface area contributed by atoms with E-state index in [1.807, 2.05) is 66.4 Å². The van der Waals surface area contributed by atoms with Gasteiger partial charge in [-0.2, -0.15) is 0 Å². The zero-order chi connectivity index (χ0) is 16.9. The number of hydrogen-bond donors (Lipinski definition) is 2. The molecule has 0 spiro atoms. The summed E-state index contributed by atoms with van der Waals surface area (Å²) < 4.78 is 0. The second-order valence-corrected chi connectivity index (χ2v) is 6.55. The number of nitrogens with zero attached hydrogens (tertiary/aromatic N) is 1. The van der Waals surface area contributed by atoms with Crippen LogP contribution in [0.3, 0.4) is 0 Å². The van der Waals surface area contributed by atoms with Gasteiger partial charge in [-0.05, 0) is 49.9 Å². The molecule has 1 heterocycles. The van der Waals surface area contributed by atoms with E-state index in [-0.39, 0.29) is 11.9 Å². The second-order valence-electron chi connectivity index (χ2n) is 6.55. The smallest absolute Gasteiger partial charge is 0.255 e. The maximum absolute atomic E-state index is 13.0. The van der Waals surface area contributed by atoms with Crippen molar-refractivity contribution in [2.75, 3.05) is 18.4 Å². The molecular weight excluding hydrogens is 298 g/mol. The summed E-state index contributed by atoms with van der Waals surface area (Å²) in [5.74, 6) is 0.469. The molecule has 1 fully saturated rings. The number of para-hydroxylation sites is 2. The molecule has 1 aliphatic rings. The van der Waals surface area contributed by atoms with E-state index in [0.29, 0.717) is 11.5 Å². The molecule has 4 heteroatoms. The molecule has 24 heavy (non-hydrogen) atoms. The number of carbonyl (C=O) groups excluding carboxylic acids is 1. The minimum atomic E-state index is 0.0828. The summed E-state index contributed by atoms with van der Waals surface area (Å²) >= 11 is 0. The van der Waals surface area contributed by atoms with Crippen LogP contribution in [0.15, 0.2) is 54.6 Å². The van der Waals surface area contributed by atoms with Crippen LogP contribution in [0.4, 0.5) is 11.4 Å². The van der Waals surface area contributed by atoms with Crippen molar-refractivity contribution in [3.63, 3.8) is 0 Å².